The zero-order chi connectivity index (χ0) is 76.1. The van der Waals surface area contributed by atoms with Gasteiger partial charge in [0.25, 0.3) is 0 Å². The van der Waals surface area contributed by atoms with E-state index < -0.39 is 68.3 Å². The van der Waals surface area contributed by atoms with E-state index in [-0.39, 0.29) is 17.1 Å². The number of aliphatic hydroxyl groups excluding tert-OH is 1. The molecule has 0 aliphatic rings. The maximum absolute atomic E-state index is 12.5. The molecule has 546 valence electrons. The number of nitrogens with zero attached hydrogens (tertiary/aromatic N) is 3. The van der Waals surface area contributed by atoms with Crippen LogP contribution in [0, 0.1) is 0 Å². The number of sulfonamides is 4. The summed E-state index contributed by atoms with van der Waals surface area (Å²) in [6.45, 7) is 5.19. The summed E-state index contributed by atoms with van der Waals surface area (Å²) in [5, 5.41) is 20.6. The van der Waals surface area contributed by atoms with Crippen molar-refractivity contribution >= 4 is 132 Å². The number of fused-ring (bicyclic) bond motifs is 3. The molecule has 0 aliphatic carbocycles. The number of aromatic nitrogens is 6. The lowest BCUT2D eigenvalue weighted by Gasteiger charge is -2.21. The van der Waals surface area contributed by atoms with Gasteiger partial charge in [0.15, 0.2) is 0 Å². The molecule has 0 bridgehead atoms. The first-order valence-corrected chi connectivity index (χ1v) is 37.3. The predicted octanol–water partition coefficient (Wildman–Crippen LogP) is 16.6. The molecule has 105 heavy (non-hydrogen) atoms. The zero-order valence-corrected chi connectivity index (χ0v) is 58.4. The van der Waals surface area contributed by atoms with E-state index in [1.165, 1.54) is 87.0 Å². The van der Waals surface area contributed by atoms with E-state index >= 15 is 0 Å². The quantitative estimate of drug-likeness (QED) is 0.0341. The highest BCUT2D eigenvalue weighted by Crippen LogP contribution is 2.36. The van der Waals surface area contributed by atoms with Gasteiger partial charge in [-0.15, -0.1) is 0 Å². The smallest absolute Gasteiger partial charge is 0.389 e. The summed E-state index contributed by atoms with van der Waals surface area (Å²) in [7, 11) is -19.9. The average molecular weight is 1530 g/mol. The Kier molecular flexibility index (Phi) is 22.1. The number of halogens is 9. The fourth-order valence-electron chi connectivity index (χ4n) is 10.4. The molecule has 3 aromatic heterocycles. The highest BCUT2D eigenvalue weighted by atomic mass is 32.2. The highest BCUT2D eigenvalue weighted by Gasteiger charge is 2.47. The normalized spacial score (nSPS) is 13.1. The molecule has 9 N–H and O–H groups in total. The number of aliphatic hydroxyl groups is 2. The van der Waals surface area contributed by atoms with Crippen molar-refractivity contribution in [2.24, 2.45) is 0 Å². The van der Waals surface area contributed by atoms with Crippen LogP contribution in [0.1, 0.15) is 72.2 Å². The third-order valence-corrected chi connectivity index (χ3v) is 19.3. The van der Waals surface area contributed by atoms with Crippen LogP contribution in [0.25, 0.3) is 103 Å². The molecule has 1 unspecified atom stereocenters. The molecule has 12 aromatic rings. The van der Waals surface area contributed by atoms with Gasteiger partial charge in [0.05, 0.1) is 56.7 Å². The number of para-hydroxylation sites is 1. The molecule has 12 rings (SSSR count). The molecule has 3 heterocycles. The lowest BCUT2D eigenvalue weighted by Crippen LogP contribution is -2.29. The van der Waals surface area contributed by atoms with Crippen LogP contribution in [0.4, 0.5) is 62.3 Å². The molecule has 20 nitrogen and oxygen atoms in total. The molecule has 0 saturated heterocycles. The summed E-state index contributed by atoms with van der Waals surface area (Å²) >= 11 is 0. The second kappa shape index (κ2) is 30.3. The van der Waals surface area contributed by atoms with Crippen molar-refractivity contribution in [1.82, 2.24) is 29.9 Å². The van der Waals surface area contributed by atoms with Gasteiger partial charge in [-0.2, -0.15) is 64.8 Å². The van der Waals surface area contributed by atoms with Crippen LogP contribution in [0.3, 0.4) is 0 Å². The monoisotopic (exact) mass is 1520 g/mol. The second-order valence-corrected chi connectivity index (χ2v) is 30.6. The van der Waals surface area contributed by atoms with Crippen LogP contribution in [-0.4, -0.2) is 96.6 Å². The van der Waals surface area contributed by atoms with Crippen molar-refractivity contribution in [3.63, 3.8) is 0 Å². The van der Waals surface area contributed by atoms with E-state index in [2.05, 4.69) is 34.6 Å². The molecular formula is C72H61F9N10O10S4. The largest absolute Gasteiger partial charge is 0.516 e. The van der Waals surface area contributed by atoms with Crippen molar-refractivity contribution in [2.45, 2.75) is 49.0 Å². The Bertz CT molecular complexity index is 5740. The maximum Gasteiger partial charge on any atom is 0.516 e. The van der Waals surface area contributed by atoms with Gasteiger partial charge in [0, 0.05) is 22.6 Å². The topological polar surface area (TPSA) is 311 Å². The molecule has 0 fully saturated rings. The number of H-pyrrole nitrogens is 3. The van der Waals surface area contributed by atoms with E-state index in [9.17, 15) is 83.4 Å². The fraction of sp³-hybridized carbons (Fsp3) is 0.125. The summed E-state index contributed by atoms with van der Waals surface area (Å²) in [6, 6.07) is 55.4. The maximum atomic E-state index is 12.5. The van der Waals surface area contributed by atoms with Gasteiger partial charge >= 0.3 is 46.6 Å². The van der Waals surface area contributed by atoms with Gasteiger partial charge in [-0.25, -0.2) is 23.4 Å². The van der Waals surface area contributed by atoms with Crippen LogP contribution in [0.5, 0.6) is 0 Å². The van der Waals surface area contributed by atoms with Gasteiger partial charge in [-0.1, -0.05) is 140 Å². The van der Waals surface area contributed by atoms with Crippen molar-refractivity contribution in [3.05, 3.63) is 245 Å². The third kappa shape index (κ3) is 19.4. The summed E-state index contributed by atoms with van der Waals surface area (Å²) in [5.74, 6) is 1.64. The number of hydrogen-bond donors (Lipinski definition) is 9. The standard InChI is InChI=1S/C25H22F3N3O3S.C24H20F3N3O3S.C23H19F3N4O4S2/c1-24(2,32)20-6-4-3-5-19(20)17-10-13-21-22(15-17)30-23(29-21)14-9-16-7-11-18(12-8-16)31-35(33,34)25(26,27)28;1-15(31)19-4-2-3-5-20(19)17-9-12-21-22(14-17)29-23(28-21)13-8-16-6-10-18(11-7-16)30-34(32,33)24(25,26)27;1-35(31,32)30-19-5-3-2-4-18(19)16-9-12-20-21(14-16)28-22(27-20)13-8-15-6-10-17(11-7-15)29-36(33,34)23(24,25)26/h3-15,31-32H,1-2H3,(H,29,30);2-15,30-31H,1H3,(H,28,29);2-14,29-30H,1H3,(H,27,28)/b14-9+;2*13-8+. The summed E-state index contributed by atoms with van der Waals surface area (Å²) in [5.41, 5.74) is -4.21. The number of alkyl halides is 9. The van der Waals surface area contributed by atoms with Gasteiger partial charge in [0.1, 0.15) is 17.5 Å². The van der Waals surface area contributed by atoms with E-state index in [4.69, 9.17) is 0 Å². The third-order valence-electron chi connectivity index (χ3n) is 15.4. The molecule has 0 saturated carbocycles. The Morgan fingerprint density at radius 2 is 0.714 bits per heavy atom. The summed E-state index contributed by atoms with van der Waals surface area (Å²) < 4.78 is 210. The number of aromatic amines is 3. The molecule has 33 heteroatoms. The SMILES string of the molecule is CC(C)(O)c1ccccc1-c1ccc2nc(/C=C/c3ccc(NS(=O)(=O)C(F)(F)F)cc3)[nH]c2c1.CC(O)c1ccccc1-c1ccc2nc(/C=C/c3ccc(NS(=O)(=O)C(F)(F)F)cc3)[nH]c2c1.CS(=O)(=O)Nc1ccccc1-c1ccc2nc(/C=C/c3ccc(NS(=O)(=O)C(F)(F)F)cc3)[nH]c2c1. The number of nitrogens with one attached hydrogen (secondary N) is 7. The first-order valence-electron chi connectivity index (χ1n) is 31.0. The minimum atomic E-state index is -5.49. The summed E-state index contributed by atoms with van der Waals surface area (Å²) in [4.78, 5) is 23.1. The summed E-state index contributed by atoms with van der Waals surface area (Å²) in [6.07, 6.45) is 10.6. The second-order valence-electron chi connectivity index (χ2n) is 23.9. The van der Waals surface area contributed by atoms with Crippen molar-refractivity contribution in [3.8, 4) is 33.4 Å². The van der Waals surface area contributed by atoms with Crippen molar-refractivity contribution < 1.29 is 83.4 Å². The van der Waals surface area contributed by atoms with Gasteiger partial charge in [0.2, 0.25) is 10.0 Å². The lowest BCUT2D eigenvalue weighted by atomic mass is 9.89. The van der Waals surface area contributed by atoms with E-state index in [1.807, 2.05) is 97.1 Å². The molecular weight excluding hydrogens is 1460 g/mol. The van der Waals surface area contributed by atoms with Crippen molar-refractivity contribution in [1.29, 1.82) is 0 Å². The predicted molar refractivity (Wildman–Crippen MR) is 391 cm³/mol. The van der Waals surface area contributed by atoms with Crippen LogP contribution >= 0.6 is 0 Å². The molecule has 0 amide bonds. The van der Waals surface area contributed by atoms with E-state index in [1.54, 1.807) is 87.6 Å². The number of rotatable bonds is 19. The van der Waals surface area contributed by atoms with Crippen LogP contribution in [-0.2, 0) is 45.7 Å². The fourth-order valence-corrected chi connectivity index (χ4v) is 12.7. The average Bonchev–Trinajstić information content (AvgIpc) is 1.77. The van der Waals surface area contributed by atoms with E-state index in [0.717, 1.165) is 67.3 Å². The Labute approximate surface area is 595 Å². The zero-order valence-electron chi connectivity index (χ0n) is 55.1. The molecule has 1 atom stereocenters. The Hall–Kier alpha value is -11.1. The first-order chi connectivity index (χ1) is 49.2. The van der Waals surface area contributed by atoms with Crippen LogP contribution in [0.15, 0.2) is 200 Å². The van der Waals surface area contributed by atoms with Crippen molar-refractivity contribution in [2.75, 3.05) is 25.1 Å². The molecule has 0 radical (unpaired) electrons. The van der Waals surface area contributed by atoms with Gasteiger partial charge in [-0.3, -0.25) is 18.9 Å². The highest BCUT2D eigenvalue weighted by molar-refractivity contribution is 7.94. The van der Waals surface area contributed by atoms with Gasteiger partial charge in [-0.05, 0) is 173 Å². The van der Waals surface area contributed by atoms with Gasteiger partial charge < -0.3 is 25.2 Å². The first kappa shape index (κ1) is 76.5. The Balaban J connectivity index is 0.000000169. The van der Waals surface area contributed by atoms with Crippen LogP contribution < -0.4 is 18.9 Å². The van der Waals surface area contributed by atoms with Crippen LogP contribution in [0.2, 0.25) is 0 Å². The Morgan fingerprint density at radius 3 is 1.06 bits per heavy atom. The van der Waals surface area contributed by atoms with E-state index in [0.29, 0.717) is 56.4 Å². The molecule has 0 aliphatic heterocycles. The minimum Gasteiger partial charge on any atom is -0.389 e. The lowest BCUT2D eigenvalue weighted by molar-refractivity contribution is -0.0435. The number of imidazole rings is 3. The Morgan fingerprint density at radius 1 is 0.400 bits per heavy atom. The minimum absolute atomic E-state index is 0.191. The molecule has 9 aromatic carbocycles. The number of benzene rings is 9. The number of hydrogen-bond acceptors (Lipinski definition) is 13. The molecule has 0 spiro atoms. The number of anilines is 4.